The van der Waals surface area contributed by atoms with Crippen LogP contribution in [0.4, 0.5) is 0 Å². The van der Waals surface area contributed by atoms with Crippen LogP contribution in [0.2, 0.25) is 0 Å². The average Bonchev–Trinajstić information content (AvgIpc) is 2.66. The van der Waals surface area contributed by atoms with Crippen LogP contribution in [-0.2, 0) is 4.79 Å². The number of rotatable bonds is 7. The summed E-state index contributed by atoms with van der Waals surface area (Å²) in [5.74, 6) is 1.86. The molecule has 1 aliphatic rings. The molecule has 1 unspecified atom stereocenters. The summed E-state index contributed by atoms with van der Waals surface area (Å²) in [6, 6.07) is 8.03. The van der Waals surface area contributed by atoms with Gasteiger partial charge in [-0.2, -0.15) is 0 Å². The molecule has 150 valence electrons. The van der Waals surface area contributed by atoms with E-state index >= 15 is 0 Å². The van der Waals surface area contributed by atoms with Gasteiger partial charge in [0.15, 0.2) is 5.96 Å². The van der Waals surface area contributed by atoms with Crippen LogP contribution in [0.3, 0.4) is 0 Å². The minimum absolute atomic E-state index is 0.0318. The Bertz CT molecular complexity index is 627. The van der Waals surface area contributed by atoms with Crippen LogP contribution in [0.25, 0.3) is 0 Å². The van der Waals surface area contributed by atoms with Crippen molar-refractivity contribution >= 4 is 11.9 Å². The smallest absolute Gasteiger partial charge is 0.219 e. The molecule has 1 aromatic rings. The van der Waals surface area contributed by atoms with Crippen LogP contribution in [0, 0.1) is 6.92 Å². The Morgan fingerprint density at radius 2 is 1.93 bits per heavy atom. The summed E-state index contributed by atoms with van der Waals surface area (Å²) in [6.45, 7) is 11.6. The van der Waals surface area contributed by atoms with Crippen LogP contribution < -0.4 is 15.4 Å². The van der Waals surface area contributed by atoms with Gasteiger partial charge in [0.25, 0.3) is 0 Å². The van der Waals surface area contributed by atoms with Gasteiger partial charge in [-0.25, -0.2) is 0 Å². The second-order valence-electron chi connectivity index (χ2n) is 6.92. The molecule has 2 N–H and O–H groups in total. The summed E-state index contributed by atoms with van der Waals surface area (Å²) in [7, 11) is 1.77. The molecule has 0 bridgehead atoms. The maximum Gasteiger partial charge on any atom is 0.219 e. The molecule has 1 aromatic carbocycles. The lowest BCUT2D eigenvalue weighted by Crippen LogP contribution is -2.50. The summed E-state index contributed by atoms with van der Waals surface area (Å²) in [6.07, 6.45) is 0.0318. The molecule has 1 amide bonds. The molecule has 7 heteroatoms. The molecule has 2 rings (SSSR count). The summed E-state index contributed by atoms with van der Waals surface area (Å²) >= 11 is 0. The number of aliphatic imine (C=N–C) groups is 1. The molecule has 1 fully saturated rings. The molecule has 0 aromatic heterocycles. The molecule has 0 radical (unpaired) electrons. The van der Waals surface area contributed by atoms with E-state index in [9.17, 15) is 4.79 Å². The third kappa shape index (κ3) is 7.09. The van der Waals surface area contributed by atoms with Crippen LogP contribution in [-0.4, -0.2) is 80.6 Å². The number of benzene rings is 1. The van der Waals surface area contributed by atoms with Crippen molar-refractivity contribution in [2.24, 2.45) is 4.99 Å². The maximum absolute atomic E-state index is 11.4. The molecule has 1 heterocycles. The number of amides is 1. The van der Waals surface area contributed by atoms with Gasteiger partial charge in [0.1, 0.15) is 11.9 Å². The van der Waals surface area contributed by atoms with Gasteiger partial charge in [-0.1, -0.05) is 18.2 Å². The number of nitrogens with one attached hydrogen (secondary N) is 2. The molecular weight excluding hydrogens is 342 g/mol. The highest BCUT2D eigenvalue weighted by molar-refractivity contribution is 5.79. The van der Waals surface area contributed by atoms with Gasteiger partial charge in [-0.15, -0.1) is 0 Å². The third-order valence-corrected chi connectivity index (χ3v) is 4.74. The van der Waals surface area contributed by atoms with Crippen molar-refractivity contribution in [2.75, 3.05) is 52.9 Å². The molecule has 27 heavy (non-hydrogen) atoms. The largest absolute Gasteiger partial charge is 0.489 e. The normalized spacial score (nSPS) is 16.7. The molecule has 1 atom stereocenters. The van der Waals surface area contributed by atoms with Crippen LogP contribution in [0.5, 0.6) is 5.75 Å². The zero-order valence-corrected chi connectivity index (χ0v) is 17.0. The maximum atomic E-state index is 11.4. The number of hydrogen-bond acceptors (Lipinski definition) is 4. The van der Waals surface area contributed by atoms with E-state index in [1.54, 1.807) is 14.0 Å². The SMILES string of the molecule is CN=C(NCCN1CCN(C(C)=O)CC1)NCC(C)Oc1ccccc1C. The molecule has 0 saturated carbocycles. The molecule has 0 aliphatic carbocycles. The van der Waals surface area contributed by atoms with Crippen molar-refractivity contribution in [3.8, 4) is 5.75 Å². The number of nitrogens with zero attached hydrogens (tertiary/aromatic N) is 3. The molecule has 0 spiro atoms. The first-order valence-corrected chi connectivity index (χ1v) is 9.64. The zero-order valence-electron chi connectivity index (χ0n) is 17.0. The zero-order chi connectivity index (χ0) is 19.6. The number of carbonyl (C=O) groups is 1. The van der Waals surface area contributed by atoms with Gasteiger partial charge in [0.05, 0.1) is 6.54 Å². The van der Waals surface area contributed by atoms with E-state index in [1.165, 1.54) is 0 Å². The van der Waals surface area contributed by atoms with Crippen molar-refractivity contribution in [3.05, 3.63) is 29.8 Å². The number of guanidine groups is 1. The number of piperazine rings is 1. The van der Waals surface area contributed by atoms with E-state index in [2.05, 4.69) is 20.5 Å². The van der Waals surface area contributed by atoms with Gasteiger partial charge in [-0.05, 0) is 25.5 Å². The van der Waals surface area contributed by atoms with Crippen molar-refractivity contribution in [2.45, 2.75) is 26.9 Å². The highest BCUT2D eigenvalue weighted by Gasteiger charge is 2.18. The Morgan fingerprint density at radius 3 is 2.56 bits per heavy atom. The monoisotopic (exact) mass is 375 g/mol. The first-order chi connectivity index (χ1) is 13.0. The Morgan fingerprint density at radius 1 is 1.22 bits per heavy atom. The Labute approximate surface area is 162 Å². The third-order valence-electron chi connectivity index (χ3n) is 4.74. The predicted molar refractivity (Wildman–Crippen MR) is 109 cm³/mol. The average molecular weight is 376 g/mol. The number of ether oxygens (including phenoxy) is 1. The van der Waals surface area contributed by atoms with E-state index in [1.807, 2.05) is 43.0 Å². The lowest BCUT2D eigenvalue weighted by atomic mass is 10.2. The van der Waals surface area contributed by atoms with Crippen molar-refractivity contribution in [1.82, 2.24) is 20.4 Å². The van der Waals surface area contributed by atoms with E-state index in [0.717, 1.165) is 56.5 Å². The number of para-hydroxylation sites is 1. The fraction of sp³-hybridized carbons (Fsp3) is 0.600. The first kappa shape index (κ1) is 21.0. The van der Waals surface area contributed by atoms with Gasteiger partial charge in [0.2, 0.25) is 5.91 Å². The van der Waals surface area contributed by atoms with Crippen molar-refractivity contribution in [1.29, 1.82) is 0 Å². The van der Waals surface area contributed by atoms with E-state index in [0.29, 0.717) is 6.54 Å². The molecule has 1 saturated heterocycles. The second-order valence-corrected chi connectivity index (χ2v) is 6.92. The summed E-state index contributed by atoms with van der Waals surface area (Å²) in [4.78, 5) is 19.9. The summed E-state index contributed by atoms with van der Waals surface area (Å²) < 4.78 is 5.98. The Balaban J connectivity index is 1.64. The van der Waals surface area contributed by atoms with Gasteiger partial charge >= 0.3 is 0 Å². The minimum Gasteiger partial charge on any atom is -0.489 e. The standard InChI is InChI=1S/C20H33N5O2/c1-16-7-5-6-8-19(16)27-17(2)15-23-20(21-4)22-9-10-24-11-13-25(14-12-24)18(3)26/h5-8,17H,9-15H2,1-4H3,(H2,21,22,23). The van der Waals surface area contributed by atoms with E-state index in [-0.39, 0.29) is 12.0 Å². The highest BCUT2D eigenvalue weighted by atomic mass is 16.5. The predicted octanol–water partition coefficient (Wildman–Crippen LogP) is 1.09. The second kappa shape index (κ2) is 10.8. The molecule has 7 nitrogen and oxygen atoms in total. The van der Waals surface area contributed by atoms with Crippen molar-refractivity contribution < 1.29 is 9.53 Å². The van der Waals surface area contributed by atoms with Gasteiger partial charge in [0, 0.05) is 53.2 Å². The van der Waals surface area contributed by atoms with Crippen LogP contribution >= 0.6 is 0 Å². The highest BCUT2D eigenvalue weighted by Crippen LogP contribution is 2.17. The lowest BCUT2D eigenvalue weighted by Gasteiger charge is -2.34. The van der Waals surface area contributed by atoms with Crippen molar-refractivity contribution in [3.63, 3.8) is 0 Å². The summed E-state index contributed by atoms with van der Waals surface area (Å²) in [5, 5.41) is 6.65. The minimum atomic E-state index is 0.0318. The fourth-order valence-corrected chi connectivity index (χ4v) is 3.03. The Hall–Kier alpha value is -2.28. The Kier molecular flexibility index (Phi) is 8.39. The number of carbonyl (C=O) groups excluding carboxylic acids is 1. The topological polar surface area (TPSA) is 69.2 Å². The summed E-state index contributed by atoms with van der Waals surface area (Å²) in [5.41, 5.74) is 1.14. The van der Waals surface area contributed by atoms with Crippen LogP contribution in [0.15, 0.2) is 29.3 Å². The lowest BCUT2D eigenvalue weighted by molar-refractivity contribution is -0.130. The number of hydrogen-bond donors (Lipinski definition) is 2. The number of aryl methyl sites for hydroxylation is 1. The van der Waals surface area contributed by atoms with E-state index < -0.39 is 0 Å². The molecular formula is C20H33N5O2. The first-order valence-electron chi connectivity index (χ1n) is 9.64. The fourth-order valence-electron chi connectivity index (χ4n) is 3.03. The van der Waals surface area contributed by atoms with Gasteiger partial charge < -0.3 is 20.3 Å². The van der Waals surface area contributed by atoms with Crippen LogP contribution in [0.1, 0.15) is 19.4 Å². The van der Waals surface area contributed by atoms with Gasteiger partial charge in [-0.3, -0.25) is 14.7 Å². The quantitative estimate of drug-likeness (QED) is 0.552. The molecule has 1 aliphatic heterocycles. The van der Waals surface area contributed by atoms with E-state index in [4.69, 9.17) is 4.74 Å².